The van der Waals surface area contributed by atoms with Gasteiger partial charge in [-0.3, -0.25) is 4.72 Å². The first-order valence-electron chi connectivity index (χ1n) is 5.27. The molecular formula is C10H15N3O4S. The van der Waals surface area contributed by atoms with E-state index in [1.165, 1.54) is 12.1 Å². The van der Waals surface area contributed by atoms with E-state index in [0.717, 1.165) is 6.20 Å². The molecule has 0 saturated heterocycles. The predicted molar refractivity (Wildman–Crippen MR) is 66.6 cm³/mol. The minimum atomic E-state index is -3.67. The van der Waals surface area contributed by atoms with E-state index < -0.39 is 16.2 Å². The third kappa shape index (κ3) is 4.68. The Labute approximate surface area is 105 Å². The number of anilines is 1. The van der Waals surface area contributed by atoms with E-state index in [4.69, 9.17) is 5.11 Å². The highest BCUT2D eigenvalue weighted by Crippen LogP contribution is 2.06. The lowest BCUT2D eigenvalue weighted by molar-refractivity contribution is 0.0696. The van der Waals surface area contributed by atoms with Crippen LogP contribution in [0.2, 0.25) is 0 Å². The third-order valence-corrected chi connectivity index (χ3v) is 2.96. The number of hydrogen-bond acceptors (Lipinski definition) is 4. The van der Waals surface area contributed by atoms with Gasteiger partial charge in [-0.2, -0.15) is 13.1 Å². The van der Waals surface area contributed by atoms with E-state index >= 15 is 0 Å². The summed E-state index contributed by atoms with van der Waals surface area (Å²) in [7, 11) is -3.67. The Kier molecular flexibility index (Phi) is 4.62. The van der Waals surface area contributed by atoms with Gasteiger partial charge in [-0.1, -0.05) is 13.8 Å². The Morgan fingerprint density at radius 2 is 2.11 bits per heavy atom. The molecule has 0 amide bonds. The van der Waals surface area contributed by atoms with Crippen LogP contribution in [0.15, 0.2) is 18.3 Å². The molecule has 18 heavy (non-hydrogen) atoms. The molecule has 100 valence electrons. The molecule has 0 fully saturated rings. The van der Waals surface area contributed by atoms with E-state index in [-0.39, 0.29) is 17.3 Å². The van der Waals surface area contributed by atoms with Gasteiger partial charge in [0, 0.05) is 12.7 Å². The number of hydrogen-bond donors (Lipinski definition) is 3. The van der Waals surface area contributed by atoms with Crippen molar-refractivity contribution < 1.29 is 18.3 Å². The Bertz CT molecular complexity index is 510. The van der Waals surface area contributed by atoms with E-state index in [1.807, 2.05) is 13.8 Å². The Morgan fingerprint density at radius 1 is 1.44 bits per heavy atom. The second-order valence-corrected chi connectivity index (χ2v) is 5.58. The van der Waals surface area contributed by atoms with Gasteiger partial charge in [-0.25, -0.2) is 9.78 Å². The fourth-order valence-corrected chi connectivity index (χ4v) is 2.05. The zero-order valence-corrected chi connectivity index (χ0v) is 10.9. The van der Waals surface area contributed by atoms with Gasteiger partial charge in [-0.05, 0) is 18.1 Å². The second-order valence-electron chi connectivity index (χ2n) is 4.09. The van der Waals surface area contributed by atoms with Crippen LogP contribution in [0, 0.1) is 5.92 Å². The Balaban J connectivity index is 2.69. The van der Waals surface area contributed by atoms with Gasteiger partial charge >= 0.3 is 5.97 Å². The maximum Gasteiger partial charge on any atom is 0.337 e. The van der Waals surface area contributed by atoms with Crippen molar-refractivity contribution in [3.63, 3.8) is 0 Å². The van der Waals surface area contributed by atoms with Crippen LogP contribution >= 0.6 is 0 Å². The standard InChI is InChI=1S/C10H15N3O4S/c1-7(2)5-12-18(16,17)13-9-4-3-8(6-11-9)10(14)15/h3-4,6-7,12H,5H2,1-2H3,(H,11,13)(H,14,15). The van der Waals surface area contributed by atoms with Gasteiger partial charge in [0.05, 0.1) is 5.56 Å². The number of aromatic nitrogens is 1. The smallest absolute Gasteiger partial charge is 0.337 e. The fraction of sp³-hybridized carbons (Fsp3) is 0.400. The number of aromatic carboxylic acids is 1. The first-order valence-corrected chi connectivity index (χ1v) is 6.75. The highest BCUT2D eigenvalue weighted by atomic mass is 32.2. The summed E-state index contributed by atoms with van der Waals surface area (Å²) in [6.07, 6.45) is 1.09. The summed E-state index contributed by atoms with van der Waals surface area (Å²) < 4.78 is 27.6. The molecule has 0 bridgehead atoms. The number of carboxylic acids is 1. The van der Waals surface area contributed by atoms with E-state index in [9.17, 15) is 13.2 Å². The number of nitrogens with one attached hydrogen (secondary N) is 2. The number of carbonyl (C=O) groups is 1. The van der Waals surface area contributed by atoms with Crippen molar-refractivity contribution in [2.24, 2.45) is 5.92 Å². The molecule has 3 N–H and O–H groups in total. The van der Waals surface area contributed by atoms with Crippen LogP contribution in [0.3, 0.4) is 0 Å². The van der Waals surface area contributed by atoms with Crippen molar-refractivity contribution in [2.75, 3.05) is 11.3 Å². The lowest BCUT2D eigenvalue weighted by atomic mass is 10.2. The molecule has 1 aromatic heterocycles. The molecule has 1 rings (SSSR count). The summed E-state index contributed by atoms with van der Waals surface area (Å²) in [4.78, 5) is 14.3. The number of rotatable bonds is 6. The topological polar surface area (TPSA) is 108 Å². The van der Waals surface area contributed by atoms with E-state index in [0.29, 0.717) is 6.54 Å². The average Bonchev–Trinajstić information content (AvgIpc) is 2.27. The maximum absolute atomic E-state index is 11.5. The van der Waals surface area contributed by atoms with Crippen molar-refractivity contribution in [3.8, 4) is 0 Å². The lowest BCUT2D eigenvalue weighted by Gasteiger charge is -2.10. The molecule has 1 heterocycles. The van der Waals surface area contributed by atoms with Gasteiger partial charge in [0.2, 0.25) is 0 Å². The molecule has 0 radical (unpaired) electrons. The summed E-state index contributed by atoms with van der Waals surface area (Å²) in [6.45, 7) is 4.06. The molecule has 0 aromatic carbocycles. The van der Waals surface area contributed by atoms with E-state index in [1.54, 1.807) is 0 Å². The van der Waals surface area contributed by atoms with Crippen molar-refractivity contribution in [3.05, 3.63) is 23.9 Å². The maximum atomic E-state index is 11.5. The number of pyridine rings is 1. The molecule has 0 unspecified atom stereocenters. The highest BCUT2D eigenvalue weighted by Gasteiger charge is 2.11. The molecule has 0 atom stereocenters. The first-order chi connectivity index (χ1) is 8.30. The number of nitrogens with zero attached hydrogens (tertiary/aromatic N) is 1. The van der Waals surface area contributed by atoms with Crippen molar-refractivity contribution in [2.45, 2.75) is 13.8 Å². The van der Waals surface area contributed by atoms with Crippen LogP contribution in [0.4, 0.5) is 5.82 Å². The normalized spacial score (nSPS) is 11.5. The van der Waals surface area contributed by atoms with Gasteiger partial charge in [-0.15, -0.1) is 0 Å². The Morgan fingerprint density at radius 3 is 2.56 bits per heavy atom. The minimum absolute atomic E-state index is 0.00640. The summed E-state index contributed by atoms with van der Waals surface area (Å²) >= 11 is 0. The monoisotopic (exact) mass is 273 g/mol. The third-order valence-electron chi connectivity index (χ3n) is 1.93. The molecular weight excluding hydrogens is 258 g/mol. The largest absolute Gasteiger partial charge is 0.478 e. The average molecular weight is 273 g/mol. The zero-order chi connectivity index (χ0) is 13.8. The molecule has 1 aromatic rings. The van der Waals surface area contributed by atoms with Crippen molar-refractivity contribution >= 4 is 22.0 Å². The van der Waals surface area contributed by atoms with E-state index in [2.05, 4.69) is 14.4 Å². The molecule has 0 aliphatic rings. The van der Waals surface area contributed by atoms with Crippen molar-refractivity contribution in [1.29, 1.82) is 0 Å². The number of carboxylic acid groups (broad SMARTS) is 1. The highest BCUT2D eigenvalue weighted by molar-refractivity contribution is 7.90. The molecule has 0 aliphatic heterocycles. The molecule has 8 heteroatoms. The summed E-state index contributed by atoms with van der Waals surface area (Å²) in [5.74, 6) is -0.866. The van der Waals surface area contributed by atoms with Crippen LogP contribution in [0.25, 0.3) is 0 Å². The quantitative estimate of drug-likeness (QED) is 0.706. The van der Waals surface area contributed by atoms with Gasteiger partial charge < -0.3 is 5.11 Å². The second kappa shape index (κ2) is 5.78. The zero-order valence-electron chi connectivity index (χ0n) is 10.0. The molecule has 0 aliphatic carbocycles. The SMILES string of the molecule is CC(C)CNS(=O)(=O)Nc1ccc(C(=O)O)cn1. The minimum Gasteiger partial charge on any atom is -0.478 e. The predicted octanol–water partition coefficient (Wildman–Crippen LogP) is 0.682. The molecule has 0 spiro atoms. The lowest BCUT2D eigenvalue weighted by Crippen LogP contribution is -2.33. The summed E-state index contributed by atoms with van der Waals surface area (Å²) in [5.41, 5.74) is -0.00640. The molecule has 7 nitrogen and oxygen atoms in total. The van der Waals surface area contributed by atoms with Crippen molar-refractivity contribution in [1.82, 2.24) is 9.71 Å². The summed E-state index contributed by atoms with van der Waals surface area (Å²) in [5, 5.41) is 8.66. The van der Waals surface area contributed by atoms with Gasteiger partial charge in [0.25, 0.3) is 10.2 Å². The van der Waals surface area contributed by atoms with Crippen LogP contribution in [-0.2, 0) is 10.2 Å². The Hall–Kier alpha value is -1.67. The summed E-state index contributed by atoms with van der Waals surface area (Å²) in [6, 6.07) is 2.56. The molecule has 0 saturated carbocycles. The van der Waals surface area contributed by atoms with Gasteiger partial charge in [0.15, 0.2) is 0 Å². The van der Waals surface area contributed by atoms with Crippen LogP contribution in [0.5, 0.6) is 0 Å². The first kappa shape index (κ1) is 14.4. The fourth-order valence-electron chi connectivity index (χ4n) is 1.03. The van der Waals surface area contributed by atoms with Crippen LogP contribution in [-0.4, -0.2) is 31.0 Å². The van der Waals surface area contributed by atoms with Crippen LogP contribution < -0.4 is 9.44 Å². The van der Waals surface area contributed by atoms with Crippen LogP contribution in [0.1, 0.15) is 24.2 Å². The van der Waals surface area contributed by atoms with Gasteiger partial charge in [0.1, 0.15) is 5.82 Å².